The normalized spacial score (nSPS) is 20.1. The summed E-state index contributed by atoms with van der Waals surface area (Å²) in [6, 6.07) is 5.64. The Morgan fingerprint density at radius 2 is 2.44 bits per heavy atom. The lowest BCUT2D eigenvalue weighted by molar-refractivity contribution is -0.129. The molecule has 1 saturated heterocycles. The van der Waals surface area contributed by atoms with Crippen molar-refractivity contribution in [1.29, 1.82) is 0 Å². The Kier molecular flexibility index (Phi) is 3.51. The minimum Gasteiger partial charge on any atom is -0.342 e. The number of hydrogen-bond donors (Lipinski definition) is 1. The minimum absolute atomic E-state index is 0.162. The highest BCUT2D eigenvalue weighted by Crippen LogP contribution is 2.15. The fourth-order valence-electron chi connectivity index (χ4n) is 2.02. The van der Waals surface area contributed by atoms with Gasteiger partial charge in [0.25, 0.3) is 0 Å². The number of carbonyl (C=O) groups is 1. The van der Waals surface area contributed by atoms with Gasteiger partial charge < -0.3 is 10.6 Å². The van der Waals surface area contributed by atoms with Gasteiger partial charge in [-0.25, -0.2) is 0 Å². The molecular weight excluding hydrogens is 202 g/mol. The van der Waals surface area contributed by atoms with Gasteiger partial charge >= 0.3 is 0 Å². The van der Waals surface area contributed by atoms with E-state index in [4.69, 9.17) is 5.73 Å². The zero-order valence-corrected chi connectivity index (χ0v) is 9.30. The number of nitrogens with zero attached hydrogens (tertiary/aromatic N) is 2. The fraction of sp³-hybridized carbons (Fsp3) is 0.500. The lowest BCUT2D eigenvalue weighted by atomic mass is 10.1. The van der Waals surface area contributed by atoms with Crippen molar-refractivity contribution in [3.05, 3.63) is 30.1 Å². The average molecular weight is 219 g/mol. The van der Waals surface area contributed by atoms with Crippen LogP contribution in [0.3, 0.4) is 0 Å². The van der Waals surface area contributed by atoms with Crippen LogP contribution in [0.1, 0.15) is 12.1 Å². The largest absolute Gasteiger partial charge is 0.342 e. The number of amides is 1. The molecule has 2 rings (SSSR count). The Bertz CT molecular complexity index is 353. The molecule has 1 aromatic heterocycles. The third-order valence-electron chi connectivity index (χ3n) is 3.03. The minimum atomic E-state index is 0.162. The highest BCUT2D eigenvalue weighted by Gasteiger charge is 2.25. The summed E-state index contributed by atoms with van der Waals surface area (Å²) in [5, 5.41) is 0. The van der Waals surface area contributed by atoms with E-state index >= 15 is 0 Å². The van der Waals surface area contributed by atoms with E-state index in [2.05, 4.69) is 4.98 Å². The number of pyridine rings is 1. The van der Waals surface area contributed by atoms with Crippen LogP contribution in [0.2, 0.25) is 0 Å². The van der Waals surface area contributed by atoms with Crippen molar-refractivity contribution in [2.24, 2.45) is 11.7 Å². The summed E-state index contributed by atoms with van der Waals surface area (Å²) in [6.45, 7) is 2.32. The summed E-state index contributed by atoms with van der Waals surface area (Å²) >= 11 is 0. The summed E-state index contributed by atoms with van der Waals surface area (Å²) in [5.74, 6) is 0.641. The molecule has 2 N–H and O–H groups in total. The van der Waals surface area contributed by atoms with Crippen molar-refractivity contribution >= 4 is 5.91 Å². The van der Waals surface area contributed by atoms with E-state index in [0.717, 1.165) is 25.2 Å². The first-order valence-corrected chi connectivity index (χ1v) is 5.67. The molecule has 0 saturated carbocycles. The first-order valence-electron chi connectivity index (χ1n) is 5.67. The van der Waals surface area contributed by atoms with Gasteiger partial charge in [-0.1, -0.05) is 6.07 Å². The van der Waals surface area contributed by atoms with Crippen LogP contribution in [0.25, 0.3) is 0 Å². The molecule has 16 heavy (non-hydrogen) atoms. The van der Waals surface area contributed by atoms with Gasteiger partial charge in [0.05, 0.1) is 6.42 Å². The number of carbonyl (C=O) groups excluding carboxylic acids is 1. The van der Waals surface area contributed by atoms with Gasteiger partial charge in [0.15, 0.2) is 0 Å². The lowest BCUT2D eigenvalue weighted by Gasteiger charge is -2.15. The highest BCUT2D eigenvalue weighted by molar-refractivity contribution is 5.78. The molecule has 0 aromatic carbocycles. The molecule has 1 atom stereocenters. The van der Waals surface area contributed by atoms with E-state index in [1.54, 1.807) is 6.20 Å². The van der Waals surface area contributed by atoms with Gasteiger partial charge in [-0.3, -0.25) is 9.78 Å². The molecular formula is C12H17N3O. The van der Waals surface area contributed by atoms with Crippen LogP contribution in [0.5, 0.6) is 0 Å². The summed E-state index contributed by atoms with van der Waals surface area (Å²) in [7, 11) is 0. The predicted octanol–water partition coefficient (Wildman–Crippen LogP) is 0.431. The molecule has 4 nitrogen and oxygen atoms in total. The number of nitrogens with two attached hydrogens (primary N) is 1. The summed E-state index contributed by atoms with van der Waals surface area (Å²) < 4.78 is 0. The van der Waals surface area contributed by atoms with Crippen molar-refractivity contribution in [3.8, 4) is 0 Å². The van der Waals surface area contributed by atoms with Gasteiger partial charge in [-0.05, 0) is 31.0 Å². The number of hydrogen-bond acceptors (Lipinski definition) is 3. The van der Waals surface area contributed by atoms with E-state index < -0.39 is 0 Å². The molecule has 1 aromatic rings. The Labute approximate surface area is 95.5 Å². The summed E-state index contributed by atoms with van der Waals surface area (Å²) in [5.41, 5.74) is 6.44. The summed E-state index contributed by atoms with van der Waals surface area (Å²) in [6.07, 6.45) is 3.15. The van der Waals surface area contributed by atoms with Crippen LogP contribution < -0.4 is 5.73 Å². The fourth-order valence-corrected chi connectivity index (χ4v) is 2.02. The van der Waals surface area contributed by atoms with E-state index in [1.165, 1.54) is 0 Å². The molecule has 0 aliphatic carbocycles. The first-order chi connectivity index (χ1) is 7.79. The van der Waals surface area contributed by atoms with Gasteiger partial charge in [0.2, 0.25) is 5.91 Å². The van der Waals surface area contributed by atoms with Crippen LogP contribution in [0.15, 0.2) is 24.4 Å². The van der Waals surface area contributed by atoms with Gasteiger partial charge in [-0.2, -0.15) is 0 Å². The molecule has 1 aliphatic rings. The van der Waals surface area contributed by atoms with Crippen LogP contribution in [0, 0.1) is 5.92 Å². The standard InChI is InChI=1S/C12H17N3O/c13-8-10-4-6-15(9-10)12(16)7-11-3-1-2-5-14-11/h1-3,5,10H,4,6-9,13H2. The zero-order valence-electron chi connectivity index (χ0n) is 9.30. The van der Waals surface area contributed by atoms with Crippen LogP contribution in [-0.4, -0.2) is 35.4 Å². The zero-order chi connectivity index (χ0) is 11.4. The second-order valence-corrected chi connectivity index (χ2v) is 4.23. The maximum atomic E-state index is 11.9. The van der Waals surface area contributed by atoms with Crippen molar-refractivity contribution in [3.63, 3.8) is 0 Å². The Hall–Kier alpha value is -1.42. The van der Waals surface area contributed by atoms with Crippen molar-refractivity contribution in [2.45, 2.75) is 12.8 Å². The average Bonchev–Trinajstić information content (AvgIpc) is 2.79. The topological polar surface area (TPSA) is 59.2 Å². The van der Waals surface area contributed by atoms with Crippen LogP contribution in [-0.2, 0) is 11.2 Å². The van der Waals surface area contributed by atoms with Crippen LogP contribution in [0.4, 0.5) is 0 Å². The molecule has 1 aliphatic heterocycles. The third-order valence-corrected chi connectivity index (χ3v) is 3.03. The Morgan fingerprint density at radius 1 is 1.56 bits per heavy atom. The Morgan fingerprint density at radius 3 is 3.06 bits per heavy atom. The summed E-state index contributed by atoms with van der Waals surface area (Å²) in [4.78, 5) is 18.0. The second kappa shape index (κ2) is 5.07. The predicted molar refractivity (Wildman–Crippen MR) is 61.7 cm³/mol. The lowest BCUT2D eigenvalue weighted by Crippen LogP contribution is -2.31. The van der Waals surface area contributed by atoms with E-state index in [0.29, 0.717) is 18.9 Å². The van der Waals surface area contributed by atoms with Crippen LogP contribution >= 0.6 is 0 Å². The maximum absolute atomic E-state index is 11.9. The SMILES string of the molecule is NCC1CCN(C(=O)Cc2ccccn2)C1. The van der Waals surface area contributed by atoms with Gasteiger partial charge in [-0.15, -0.1) is 0 Å². The number of aromatic nitrogens is 1. The van der Waals surface area contributed by atoms with Crippen molar-refractivity contribution in [1.82, 2.24) is 9.88 Å². The third kappa shape index (κ3) is 2.58. The number of likely N-dealkylation sites (tertiary alicyclic amines) is 1. The highest BCUT2D eigenvalue weighted by atomic mass is 16.2. The van der Waals surface area contributed by atoms with E-state index in [-0.39, 0.29) is 5.91 Å². The molecule has 0 radical (unpaired) electrons. The molecule has 0 bridgehead atoms. The number of rotatable bonds is 3. The molecule has 4 heteroatoms. The maximum Gasteiger partial charge on any atom is 0.228 e. The van der Waals surface area contributed by atoms with Gasteiger partial charge in [0, 0.05) is 25.0 Å². The molecule has 1 fully saturated rings. The molecule has 1 amide bonds. The first kappa shape index (κ1) is 11.1. The molecule has 86 valence electrons. The second-order valence-electron chi connectivity index (χ2n) is 4.23. The quantitative estimate of drug-likeness (QED) is 0.802. The molecule has 2 heterocycles. The van der Waals surface area contributed by atoms with Crippen molar-refractivity contribution in [2.75, 3.05) is 19.6 Å². The monoisotopic (exact) mass is 219 g/mol. The van der Waals surface area contributed by atoms with Gasteiger partial charge in [0.1, 0.15) is 0 Å². The van der Waals surface area contributed by atoms with Crippen molar-refractivity contribution < 1.29 is 4.79 Å². The van der Waals surface area contributed by atoms with E-state index in [1.807, 2.05) is 23.1 Å². The molecule has 0 spiro atoms. The Balaban J connectivity index is 1.90. The molecule has 1 unspecified atom stereocenters. The van der Waals surface area contributed by atoms with E-state index in [9.17, 15) is 4.79 Å². The smallest absolute Gasteiger partial charge is 0.228 e.